The summed E-state index contributed by atoms with van der Waals surface area (Å²) in [4.78, 5) is 25.4. The first-order valence-electron chi connectivity index (χ1n) is 9.52. The van der Waals surface area contributed by atoms with Crippen molar-refractivity contribution in [3.63, 3.8) is 0 Å². The Morgan fingerprint density at radius 1 is 0.968 bits per heavy atom. The molecule has 3 aromatic carbocycles. The zero-order valence-electron chi connectivity index (χ0n) is 16.0. The number of fused-ring (bicyclic) bond motifs is 1. The van der Waals surface area contributed by atoms with Gasteiger partial charge in [-0.05, 0) is 30.3 Å². The number of nitrogens with zero attached hydrogens (tertiary/aromatic N) is 3. The fraction of sp³-hybridized carbons (Fsp3) is 0.0435. The second kappa shape index (κ2) is 7.17. The van der Waals surface area contributed by atoms with Gasteiger partial charge in [-0.3, -0.25) is 24.9 Å². The van der Waals surface area contributed by atoms with Crippen molar-refractivity contribution in [3.05, 3.63) is 112 Å². The number of amides is 1. The number of aromatic nitrogens is 2. The minimum atomic E-state index is -0.741. The Labute approximate surface area is 175 Å². The van der Waals surface area contributed by atoms with Crippen LogP contribution in [0.15, 0.2) is 78.9 Å². The van der Waals surface area contributed by atoms with Gasteiger partial charge in [0.05, 0.1) is 16.7 Å². The van der Waals surface area contributed by atoms with E-state index in [4.69, 9.17) is 0 Å². The third-order valence-corrected chi connectivity index (χ3v) is 5.35. The third-order valence-electron chi connectivity index (χ3n) is 5.35. The fourth-order valence-electron chi connectivity index (χ4n) is 3.95. The molecule has 4 aromatic rings. The fourth-order valence-corrected chi connectivity index (χ4v) is 3.95. The summed E-state index contributed by atoms with van der Waals surface area (Å²) in [7, 11) is 0. The van der Waals surface area contributed by atoms with Gasteiger partial charge in [0.2, 0.25) is 0 Å². The smallest absolute Gasteiger partial charge is 0.277 e. The summed E-state index contributed by atoms with van der Waals surface area (Å²) in [5, 5.41) is 18.1. The molecular formula is C23H15FN4O3. The number of para-hydroxylation sites is 1. The molecular weight excluding hydrogens is 399 g/mol. The first-order chi connectivity index (χ1) is 15.1. The van der Waals surface area contributed by atoms with Crippen molar-refractivity contribution in [2.45, 2.75) is 6.04 Å². The van der Waals surface area contributed by atoms with Crippen LogP contribution in [0.25, 0.3) is 11.3 Å². The van der Waals surface area contributed by atoms with Gasteiger partial charge in [-0.1, -0.05) is 36.4 Å². The van der Waals surface area contributed by atoms with E-state index in [1.54, 1.807) is 42.5 Å². The van der Waals surface area contributed by atoms with Crippen LogP contribution in [-0.4, -0.2) is 21.0 Å². The standard InChI is InChI=1S/C23H15FN4O3/c24-18-9-5-4-8-17(18)22-19-20(14-10-12-16(13-11-14)28(30)31)25-26-21(19)23(29)27(22)15-6-2-1-3-7-15/h1-13,22H,(H,25,26)/t22-/m0/s1. The average molecular weight is 414 g/mol. The number of aromatic amines is 1. The van der Waals surface area contributed by atoms with Gasteiger partial charge < -0.3 is 0 Å². The molecule has 2 heterocycles. The van der Waals surface area contributed by atoms with E-state index in [2.05, 4.69) is 10.2 Å². The van der Waals surface area contributed by atoms with E-state index in [0.717, 1.165) is 0 Å². The minimum absolute atomic E-state index is 0.0522. The van der Waals surface area contributed by atoms with E-state index in [-0.39, 0.29) is 17.3 Å². The summed E-state index contributed by atoms with van der Waals surface area (Å²) in [5.41, 5.74) is 2.75. The number of anilines is 1. The van der Waals surface area contributed by atoms with Crippen molar-refractivity contribution in [3.8, 4) is 11.3 Å². The number of non-ortho nitro benzene ring substituents is 1. The Hall–Kier alpha value is -4.33. The Bertz CT molecular complexity index is 1300. The lowest BCUT2D eigenvalue weighted by Gasteiger charge is -2.26. The maximum absolute atomic E-state index is 14.9. The number of carbonyl (C=O) groups excluding carboxylic acids is 1. The highest BCUT2D eigenvalue weighted by Crippen LogP contribution is 2.45. The second-order valence-corrected chi connectivity index (χ2v) is 7.10. The van der Waals surface area contributed by atoms with Crippen LogP contribution in [0.5, 0.6) is 0 Å². The molecule has 0 radical (unpaired) electrons. The van der Waals surface area contributed by atoms with Crippen LogP contribution in [0.4, 0.5) is 15.8 Å². The molecule has 0 fully saturated rings. The lowest BCUT2D eigenvalue weighted by molar-refractivity contribution is -0.384. The molecule has 1 amide bonds. The monoisotopic (exact) mass is 414 g/mol. The molecule has 1 aromatic heterocycles. The van der Waals surface area contributed by atoms with E-state index >= 15 is 0 Å². The number of halogens is 1. The van der Waals surface area contributed by atoms with Crippen LogP contribution in [0.3, 0.4) is 0 Å². The van der Waals surface area contributed by atoms with E-state index in [9.17, 15) is 19.3 Å². The number of nitrogens with one attached hydrogen (secondary N) is 1. The molecule has 0 unspecified atom stereocenters. The third kappa shape index (κ3) is 2.96. The number of H-pyrrole nitrogens is 1. The quantitative estimate of drug-likeness (QED) is 0.381. The maximum atomic E-state index is 14.9. The molecule has 152 valence electrons. The van der Waals surface area contributed by atoms with Gasteiger partial charge >= 0.3 is 0 Å². The van der Waals surface area contributed by atoms with Gasteiger partial charge in [0, 0.05) is 34.5 Å². The molecule has 7 nitrogen and oxygen atoms in total. The topological polar surface area (TPSA) is 92.1 Å². The molecule has 31 heavy (non-hydrogen) atoms. The van der Waals surface area contributed by atoms with E-state index in [1.807, 2.05) is 18.2 Å². The maximum Gasteiger partial charge on any atom is 0.277 e. The first-order valence-corrected chi connectivity index (χ1v) is 9.52. The van der Waals surface area contributed by atoms with Crippen LogP contribution in [0, 0.1) is 15.9 Å². The molecule has 0 saturated heterocycles. The largest absolute Gasteiger partial charge is 0.295 e. The Kier molecular flexibility index (Phi) is 4.32. The van der Waals surface area contributed by atoms with E-state index < -0.39 is 16.8 Å². The van der Waals surface area contributed by atoms with Gasteiger partial charge in [0.15, 0.2) is 0 Å². The predicted molar refractivity (Wildman–Crippen MR) is 112 cm³/mol. The molecule has 1 aliphatic heterocycles. The lowest BCUT2D eigenvalue weighted by atomic mass is 9.95. The Morgan fingerprint density at radius 2 is 1.65 bits per heavy atom. The van der Waals surface area contributed by atoms with Gasteiger partial charge in [-0.25, -0.2) is 4.39 Å². The highest BCUT2D eigenvalue weighted by Gasteiger charge is 2.44. The molecule has 0 bridgehead atoms. The normalized spacial score (nSPS) is 15.2. The first kappa shape index (κ1) is 18.7. The van der Waals surface area contributed by atoms with Crippen LogP contribution in [0.2, 0.25) is 0 Å². The number of nitro benzene ring substituents is 1. The summed E-state index contributed by atoms with van der Waals surface area (Å²) in [6.07, 6.45) is 0. The molecule has 5 rings (SSSR count). The molecule has 0 saturated carbocycles. The van der Waals surface area contributed by atoms with Crippen molar-refractivity contribution in [2.75, 3.05) is 4.90 Å². The number of rotatable bonds is 4. The average Bonchev–Trinajstić information content (AvgIpc) is 3.34. The molecule has 0 aliphatic carbocycles. The van der Waals surface area contributed by atoms with Crippen LogP contribution in [0.1, 0.15) is 27.7 Å². The molecule has 0 spiro atoms. The predicted octanol–water partition coefficient (Wildman–Crippen LogP) is 4.87. The highest BCUT2D eigenvalue weighted by molar-refractivity contribution is 6.11. The van der Waals surface area contributed by atoms with Crippen molar-refractivity contribution < 1.29 is 14.1 Å². The number of carbonyl (C=O) groups is 1. The number of nitro groups is 1. The van der Waals surface area contributed by atoms with Crippen LogP contribution >= 0.6 is 0 Å². The van der Waals surface area contributed by atoms with Gasteiger partial charge in [0.25, 0.3) is 11.6 Å². The lowest BCUT2D eigenvalue weighted by Crippen LogP contribution is -2.29. The second-order valence-electron chi connectivity index (χ2n) is 7.10. The highest BCUT2D eigenvalue weighted by atomic mass is 19.1. The van der Waals surface area contributed by atoms with Gasteiger partial charge in [-0.2, -0.15) is 5.10 Å². The zero-order chi connectivity index (χ0) is 21.5. The van der Waals surface area contributed by atoms with Crippen LogP contribution < -0.4 is 4.90 Å². The van der Waals surface area contributed by atoms with Gasteiger partial charge in [-0.15, -0.1) is 0 Å². The molecule has 8 heteroatoms. The molecule has 1 aliphatic rings. The minimum Gasteiger partial charge on any atom is -0.295 e. The number of benzene rings is 3. The SMILES string of the molecule is O=C1c2[nH]nc(-c3ccc([N+](=O)[O-])cc3)c2[C@H](c2ccccc2F)N1c1ccccc1. The number of hydrogen-bond acceptors (Lipinski definition) is 4. The van der Waals surface area contributed by atoms with Crippen molar-refractivity contribution in [1.82, 2.24) is 10.2 Å². The molecule has 1 atom stereocenters. The van der Waals surface area contributed by atoms with Crippen molar-refractivity contribution in [1.29, 1.82) is 0 Å². The van der Waals surface area contributed by atoms with Crippen molar-refractivity contribution >= 4 is 17.3 Å². The van der Waals surface area contributed by atoms with E-state index in [0.29, 0.717) is 28.1 Å². The van der Waals surface area contributed by atoms with E-state index in [1.165, 1.54) is 23.1 Å². The van der Waals surface area contributed by atoms with Crippen LogP contribution in [-0.2, 0) is 0 Å². The summed E-state index contributed by atoms with van der Waals surface area (Å²) < 4.78 is 14.9. The number of hydrogen-bond donors (Lipinski definition) is 1. The summed E-state index contributed by atoms with van der Waals surface area (Å²) in [5.74, 6) is -0.764. The molecule has 1 N–H and O–H groups in total. The van der Waals surface area contributed by atoms with Gasteiger partial charge in [0.1, 0.15) is 11.5 Å². The summed E-state index contributed by atoms with van der Waals surface area (Å²) in [6, 6.07) is 20.5. The zero-order valence-corrected chi connectivity index (χ0v) is 16.0. The van der Waals surface area contributed by atoms with Crippen molar-refractivity contribution in [2.24, 2.45) is 0 Å². The Morgan fingerprint density at radius 3 is 2.32 bits per heavy atom. The summed E-state index contributed by atoms with van der Waals surface area (Å²) in [6.45, 7) is 0. The summed E-state index contributed by atoms with van der Waals surface area (Å²) >= 11 is 0. The Balaban J connectivity index is 1.71.